The molecule has 4 amide bonds. The Labute approximate surface area is 211 Å². The predicted molar refractivity (Wildman–Crippen MR) is 136 cm³/mol. The van der Waals surface area contributed by atoms with E-state index in [0.717, 1.165) is 0 Å². The number of benzene rings is 1. The molecule has 1 saturated heterocycles. The smallest absolute Gasteiger partial charge is 0.254 e. The molecule has 2 rings (SSSR count). The zero-order valence-corrected chi connectivity index (χ0v) is 20.5. The van der Waals surface area contributed by atoms with Crippen LogP contribution in [0.2, 0.25) is 0 Å². The summed E-state index contributed by atoms with van der Waals surface area (Å²) < 4.78 is 0. The highest BCUT2D eigenvalue weighted by molar-refractivity contribution is 5.99. The van der Waals surface area contributed by atoms with Crippen LogP contribution >= 0.6 is 0 Å². The fourth-order valence-electron chi connectivity index (χ4n) is 4.12. The molecule has 36 heavy (non-hydrogen) atoms. The van der Waals surface area contributed by atoms with Crippen molar-refractivity contribution in [3.63, 3.8) is 0 Å². The van der Waals surface area contributed by atoms with Gasteiger partial charge in [0.15, 0.2) is 5.96 Å². The average molecular weight is 503 g/mol. The molecule has 0 radical (unpaired) electrons. The van der Waals surface area contributed by atoms with Crippen molar-refractivity contribution in [2.75, 3.05) is 19.6 Å². The highest BCUT2D eigenvalue weighted by Crippen LogP contribution is 2.21. The van der Waals surface area contributed by atoms with Crippen molar-refractivity contribution in [1.82, 2.24) is 15.5 Å². The number of nitrogens with two attached hydrogens (primary N) is 4. The second-order valence-electron chi connectivity index (χ2n) is 8.78. The second-order valence-corrected chi connectivity index (χ2v) is 8.78. The number of nitrogens with one attached hydrogen (secondary N) is 2. The van der Waals surface area contributed by atoms with Gasteiger partial charge >= 0.3 is 0 Å². The van der Waals surface area contributed by atoms with Gasteiger partial charge in [0.25, 0.3) is 5.91 Å². The first-order chi connectivity index (χ1) is 17.2. The lowest BCUT2D eigenvalue weighted by Gasteiger charge is -2.27. The molecule has 198 valence electrons. The highest BCUT2D eigenvalue weighted by Gasteiger charge is 2.36. The first-order valence-corrected chi connectivity index (χ1v) is 12.3. The Morgan fingerprint density at radius 2 is 1.67 bits per heavy atom. The van der Waals surface area contributed by atoms with E-state index in [0.29, 0.717) is 57.2 Å². The van der Waals surface area contributed by atoms with Gasteiger partial charge in [0.1, 0.15) is 18.1 Å². The minimum Gasteiger partial charge on any atom is -0.370 e. The molecule has 0 unspecified atom stereocenters. The van der Waals surface area contributed by atoms with Crippen molar-refractivity contribution < 1.29 is 19.2 Å². The maximum atomic E-state index is 13.2. The van der Waals surface area contributed by atoms with Crippen molar-refractivity contribution in [3.8, 4) is 0 Å². The Hall–Kier alpha value is -3.67. The number of carbonyl (C=O) groups is 4. The van der Waals surface area contributed by atoms with Crippen LogP contribution in [0.25, 0.3) is 0 Å². The molecule has 1 aromatic carbocycles. The first-order valence-electron chi connectivity index (χ1n) is 12.3. The lowest BCUT2D eigenvalue weighted by atomic mass is 10.1. The fourth-order valence-corrected chi connectivity index (χ4v) is 4.12. The van der Waals surface area contributed by atoms with Gasteiger partial charge < -0.3 is 38.5 Å². The van der Waals surface area contributed by atoms with Crippen LogP contribution in [0.3, 0.4) is 0 Å². The third-order valence-electron chi connectivity index (χ3n) is 6.02. The molecule has 0 aromatic heterocycles. The molecule has 0 saturated carbocycles. The summed E-state index contributed by atoms with van der Waals surface area (Å²) in [7, 11) is 0. The molecule has 0 spiro atoms. The lowest BCUT2D eigenvalue weighted by molar-refractivity contribution is -0.132. The number of primary amides is 1. The summed E-state index contributed by atoms with van der Waals surface area (Å²) in [6.07, 6.45) is 3.43. The standard InChI is InChI=1S/C24H38N8O4/c25-13-5-4-10-18(21(34)30-17(20(26)33)11-6-14-29-24(27)28)31-22(35)19-12-7-15-32(19)23(36)16-8-2-1-3-9-16/h1-3,8-9,17-19H,4-7,10-15,25H2,(H2,26,33)(H,30,34)(H,31,35)(H4,27,28,29)/t17-,18-,19-/m0/s1. The molecule has 3 atom stereocenters. The zero-order valence-electron chi connectivity index (χ0n) is 20.5. The largest absolute Gasteiger partial charge is 0.370 e. The number of likely N-dealkylation sites (tertiary alicyclic amines) is 1. The first kappa shape index (κ1) is 28.6. The van der Waals surface area contributed by atoms with Gasteiger partial charge in [-0.2, -0.15) is 0 Å². The van der Waals surface area contributed by atoms with Crippen LogP contribution in [0.5, 0.6) is 0 Å². The van der Waals surface area contributed by atoms with Gasteiger partial charge in [-0.15, -0.1) is 0 Å². The summed E-state index contributed by atoms with van der Waals surface area (Å²) in [4.78, 5) is 56.5. The van der Waals surface area contributed by atoms with Crippen molar-refractivity contribution >= 4 is 29.6 Å². The van der Waals surface area contributed by atoms with Gasteiger partial charge in [0, 0.05) is 18.7 Å². The van der Waals surface area contributed by atoms with E-state index in [1.165, 1.54) is 4.90 Å². The predicted octanol–water partition coefficient (Wildman–Crippen LogP) is -1.07. The normalized spacial score (nSPS) is 16.6. The van der Waals surface area contributed by atoms with Crippen LogP contribution < -0.4 is 33.6 Å². The minimum absolute atomic E-state index is 0.0657. The van der Waals surface area contributed by atoms with E-state index >= 15 is 0 Å². The number of amides is 4. The molecular formula is C24H38N8O4. The van der Waals surface area contributed by atoms with E-state index in [4.69, 9.17) is 22.9 Å². The number of carbonyl (C=O) groups excluding carboxylic acids is 4. The summed E-state index contributed by atoms with van der Waals surface area (Å²) in [5.74, 6) is -1.93. The molecule has 10 N–H and O–H groups in total. The van der Waals surface area contributed by atoms with Crippen LogP contribution in [0.15, 0.2) is 35.3 Å². The van der Waals surface area contributed by atoms with Crippen LogP contribution in [-0.2, 0) is 14.4 Å². The topological polar surface area (TPSA) is 212 Å². The van der Waals surface area contributed by atoms with Gasteiger partial charge in [-0.25, -0.2) is 0 Å². The number of aliphatic imine (C=N–C) groups is 1. The maximum Gasteiger partial charge on any atom is 0.254 e. The van der Waals surface area contributed by atoms with Gasteiger partial charge in [0.2, 0.25) is 17.7 Å². The molecule has 1 heterocycles. The van der Waals surface area contributed by atoms with Crippen molar-refractivity contribution in [2.45, 2.75) is 63.1 Å². The fraction of sp³-hybridized carbons (Fsp3) is 0.542. The molecule has 0 bridgehead atoms. The summed E-state index contributed by atoms with van der Waals surface area (Å²) in [6, 6.07) is 6.22. The van der Waals surface area contributed by atoms with Crippen molar-refractivity contribution in [3.05, 3.63) is 35.9 Å². The zero-order chi connectivity index (χ0) is 26.5. The number of hydrogen-bond acceptors (Lipinski definition) is 6. The van der Waals surface area contributed by atoms with E-state index in [1.807, 2.05) is 6.07 Å². The number of hydrogen-bond donors (Lipinski definition) is 6. The molecular weight excluding hydrogens is 464 g/mol. The SMILES string of the molecule is NCCCC[C@H](NC(=O)[C@@H]1CCCN1C(=O)c1ccccc1)C(=O)N[C@@H](CCCN=C(N)N)C(N)=O. The van der Waals surface area contributed by atoms with Crippen molar-refractivity contribution in [2.24, 2.45) is 27.9 Å². The summed E-state index contributed by atoms with van der Waals surface area (Å²) in [6.45, 7) is 1.18. The highest BCUT2D eigenvalue weighted by atomic mass is 16.2. The summed E-state index contributed by atoms with van der Waals surface area (Å²) in [5, 5.41) is 5.42. The molecule has 1 aromatic rings. The van der Waals surface area contributed by atoms with E-state index in [2.05, 4.69) is 15.6 Å². The minimum atomic E-state index is -0.941. The Balaban J connectivity index is 2.06. The summed E-state index contributed by atoms with van der Waals surface area (Å²) >= 11 is 0. The second kappa shape index (κ2) is 14.7. The number of unbranched alkanes of at least 4 members (excludes halogenated alkanes) is 1. The Morgan fingerprint density at radius 1 is 0.972 bits per heavy atom. The number of guanidine groups is 1. The molecule has 1 aliphatic heterocycles. The third kappa shape index (κ3) is 8.84. The van der Waals surface area contributed by atoms with E-state index in [9.17, 15) is 19.2 Å². The van der Waals surface area contributed by atoms with Gasteiger partial charge in [-0.05, 0) is 63.6 Å². The van der Waals surface area contributed by atoms with Crippen LogP contribution in [-0.4, -0.2) is 72.2 Å². The van der Waals surface area contributed by atoms with Crippen LogP contribution in [0, 0.1) is 0 Å². The number of rotatable bonds is 14. The van der Waals surface area contributed by atoms with E-state index < -0.39 is 35.8 Å². The molecule has 0 aliphatic carbocycles. The molecule has 12 nitrogen and oxygen atoms in total. The van der Waals surface area contributed by atoms with Crippen LogP contribution in [0.1, 0.15) is 55.3 Å². The summed E-state index contributed by atoms with van der Waals surface area (Å²) in [5.41, 5.74) is 22.2. The molecule has 12 heteroatoms. The Morgan fingerprint density at radius 3 is 2.31 bits per heavy atom. The molecule has 1 aliphatic rings. The van der Waals surface area contributed by atoms with Crippen molar-refractivity contribution in [1.29, 1.82) is 0 Å². The van der Waals surface area contributed by atoms with Crippen LogP contribution in [0.4, 0.5) is 0 Å². The van der Waals surface area contributed by atoms with Gasteiger partial charge in [-0.1, -0.05) is 18.2 Å². The Bertz CT molecular complexity index is 920. The average Bonchev–Trinajstić information content (AvgIpc) is 3.35. The van der Waals surface area contributed by atoms with Gasteiger partial charge in [-0.3, -0.25) is 24.2 Å². The molecule has 1 fully saturated rings. The van der Waals surface area contributed by atoms with Gasteiger partial charge in [0.05, 0.1) is 0 Å². The van der Waals surface area contributed by atoms with E-state index in [1.54, 1.807) is 24.3 Å². The quantitative estimate of drug-likeness (QED) is 0.105. The Kier molecular flexibility index (Phi) is 11.6. The third-order valence-corrected chi connectivity index (χ3v) is 6.02. The maximum absolute atomic E-state index is 13.2. The van der Waals surface area contributed by atoms with E-state index in [-0.39, 0.29) is 24.8 Å². The lowest BCUT2D eigenvalue weighted by Crippen LogP contribution is -2.56. The monoisotopic (exact) mass is 502 g/mol. The number of nitrogens with zero attached hydrogens (tertiary/aromatic N) is 2.